The van der Waals surface area contributed by atoms with Crippen molar-refractivity contribution in [2.45, 2.75) is 212 Å². The molecule has 50 heavy (non-hydrogen) atoms. The highest BCUT2D eigenvalue weighted by Gasteiger charge is 2.27. The van der Waals surface area contributed by atoms with Crippen LogP contribution in [0.25, 0.3) is 0 Å². The number of carbonyl (C=O) groups excluding carboxylic acids is 1. The quantitative estimate of drug-likeness (QED) is 0.0314. The van der Waals surface area contributed by atoms with Crippen LogP contribution in [0, 0.1) is 0 Å². The third-order valence-electron chi connectivity index (χ3n) is 9.14. The second kappa shape index (κ2) is 36.3. The number of phosphoric ester groups is 1. The molecule has 3 atom stereocenters. The monoisotopic (exact) mass is 736 g/mol. The molecule has 0 heterocycles. The molecule has 0 fully saturated rings. The molecule has 0 rings (SSSR count). The number of phosphoric acid groups is 1. The summed E-state index contributed by atoms with van der Waals surface area (Å²) in [7, 11) is -4.60. The van der Waals surface area contributed by atoms with E-state index in [9.17, 15) is 19.0 Å². The van der Waals surface area contributed by atoms with Gasteiger partial charge in [0, 0.05) is 13.0 Å². The Morgan fingerprint density at radius 3 is 1.32 bits per heavy atom. The summed E-state index contributed by atoms with van der Waals surface area (Å²) >= 11 is 0. The Kier molecular flexibility index (Phi) is 35.6. The van der Waals surface area contributed by atoms with E-state index in [4.69, 9.17) is 29.4 Å². The number of unbranched alkanes of at least 4 members (excludes halogenated alkanes) is 26. The van der Waals surface area contributed by atoms with Gasteiger partial charge in [0.1, 0.15) is 12.1 Å². The lowest BCUT2D eigenvalue weighted by Crippen LogP contribution is -2.34. The highest BCUT2D eigenvalue weighted by Crippen LogP contribution is 2.43. The third kappa shape index (κ3) is 35.4. The van der Waals surface area contributed by atoms with Crippen molar-refractivity contribution < 1.29 is 42.7 Å². The fraction of sp³-hybridized carbons (Fsp3) is 0.949. The lowest BCUT2D eigenvalue weighted by atomic mass is 10.0. The van der Waals surface area contributed by atoms with E-state index in [0.717, 1.165) is 38.5 Å². The standard InChI is InChI=1S/C39H78NO9P/c1-3-5-7-9-11-13-15-17-18-19-20-21-23-25-27-29-31-38(41)49-36(34-47-50(44,45)48-35-37(40)39(42)43)33-46-32-30-28-26-24-22-16-14-12-10-8-6-4-2/h36-37H,3-35,40H2,1-2H3,(H,42,43)(H,44,45)/t36-,37+/m1/s1. The average molecular weight is 736 g/mol. The lowest BCUT2D eigenvalue weighted by molar-refractivity contribution is -0.154. The highest BCUT2D eigenvalue weighted by atomic mass is 31.2. The van der Waals surface area contributed by atoms with Crippen LogP contribution in [-0.4, -0.2) is 60.5 Å². The molecule has 0 aliphatic rings. The molecule has 0 aromatic carbocycles. The Labute approximate surface area is 306 Å². The van der Waals surface area contributed by atoms with Gasteiger partial charge in [0.15, 0.2) is 0 Å². The first-order valence-electron chi connectivity index (χ1n) is 20.6. The first-order chi connectivity index (χ1) is 24.2. The summed E-state index contributed by atoms with van der Waals surface area (Å²) in [5, 5.41) is 8.87. The number of aliphatic carboxylic acids is 1. The molecule has 1 unspecified atom stereocenters. The first-order valence-corrected chi connectivity index (χ1v) is 22.1. The molecule has 298 valence electrons. The van der Waals surface area contributed by atoms with Crippen molar-refractivity contribution in [2.75, 3.05) is 26.4 Å². The smallest absolute Gasteiger partial charge is 0.472 e. The van der Waals surface area contributed by atoms with Crippen LogP contribution in [0.5, 0.6) is 0 Å². The fourth-order valence-electron chi connectivity index (χ4n) is 5.90. The molecule has 0 aromatic rings. The number of nitrogens with two attached hydrogens (primary N) is 1. The van der Waals surface area contributed by atoms with Gasteiger partial charge >= 0.3 is 19.8 Å². The Bertz CT molecular complexity index is 816. The molecule has 11 heteroatoms. The van der Waals surface area contributed by atoms with Crippen molar-refractivity contribution in [1.82, 2.24) is 0 Å². The van der Waals surface area contributed by atoms with Crippen LogP contribution < -0.4 is 5.73 Å². The molecule has 4 N–H and O–H groups in total. The Morgan fingerprint density at radius 2 is 0.920 bits per heavy atom. The summed E-state index contributed by atoms with van der Waals surface area (Å²) in [6, 6.07) is -1.47. The third-order valence-corrected chi connectivity index (χ3v) is 10.1. The normalized spacial score (nSPS) is 14.0. The number of carboxylic acids is 1. The topological polar surface area (TPSA) is 155 Å². The number of hydrogen-bond acceptors (Lipinski definition) is 8. The fourth-order valence-corrected chi connectivity index (χ4v) is 6.68. The van der Waals surface area contributed by atoms with Crippen LogP contribution in [-0.2, 0) is 32.7 Å². The van der Waals surface area contributed by atoms with Gasteiger partial charge in [-0.1, -0.05) is 181 Å². The van der Waals surface area contributed by atoms with E-state index in [0.29, 0.717) is 6.61 Å². The van der Waals surface area contributed by atoms with Gasteiger partial charge < -0.3 is 25.2 Å². The second-order valence-electron chi connectivity index (χ2n) is 14.1. The van der Waals surface area contributed by atoms with Crippen LogP contribution >= 0.6 is 7.82 Å². The first kappa shape index (κ1) is 49.0. The summed E-state index contributed by atoms with van der Waals surface area (Å²) in [5.41, 5.74) is 5.34. The molecule has 0 aromatic heterocycles. The zero-order valence-electron chi connectivity index (χ0n) is 32.3. The second-order valence-corrected chi connectivity index (χ2v) is 15.6. The minimum Gasteiger partial charge on any atom is -0.480 e. The molecule has 10 nitrogen and oxygen atoms in total. The van der Waals surface area contributed by atoms with Crippen LogP contribution in [0.3, 0.4) is 0 Å². The van der Waals surface area contributed by atoms with Crippen molar-refractivity contribution in [1.29, 1.82) is 0 Å². The van der Waals surface area contributed by atoms with E-state index in [2.05, 4.69) is 13.8 Å². The van der Waals surface area contributed by atoms with E-state index in [1.54, 1.807) is 0 Å². The van der Waals surface area contributed by atoms with Crippen molar-refractivity contribution in [2.24, 2.45) is 5.73 Å². The van der Waals surface area contributed by atoms with E-state index in [-0.39, 0.29) is 13.0 Å². The zero-order valence-corrected chi connectivity index (χ0v) is 33.2. The van der Waals surface area contributed by atoms with Crippen molar-refractivity contribution in [3.05, 3.63) is 0 Å². The molecule has 0 bridgehead atoms. The van der Waals surface area contributed by atoms with Gasteiger partial charge in [-0.3, -0.25) is 18.6 Å². The summed E-state index contributed by atoms with van der Waals surface area (Å²) < 4.78 is 33.3. The van der Waals surface area contributed by atoms with Gasteiger partial charge in [0.25, 0.3) is 0 Å². The zero-order chi connectivity index (χ0) is 37.0. The van der Waals surface area contributed by atoms with Crippen molar-refractivity contribution in [3.8, 4) is 0 Å². The Morgan fingerprint density at radius 1 is 0.560 bits per heavy atom. The van der Waals surface area contributed by atoms with Crippen molar-refractivity contribution in [3.63, 3.8) is 0 Å². The van der Waals surface area contributed by atoms with E-state index in [1.165, 1.54) is 141 Å². The number of ether oxygens (including phenoxy) is 2. The van der Waals surface area contributed by atoms with Crippen LogP contribution in [0.15, 0.2) is 0 Å². The van der Waals surface area contributed by atoms with Crippen molar-refractivity contribution >= 4 is 19.8 Å². The molecule has 0 saturated heterocycles. The predicted octanol–water partition coefficient (Wildman–Crippen LogP) is 10.8. The lowest BCUT2D eigenvalue weighted by Gasteiger charge is -2.20. The molecule has 0 spiro atoms. The van der Waals surface area contributed by atoms with Gasteiger partial charge in [-0.15, -0.1) is 0 Å². The number of carbonyl (C=O) groups is 2. The molecule has 0 radical (unpaired) electrons. The molecule has 0 amide bonds. The van der Waals surface area contributed by atoms with E-state index in [1.807, 2.05) is 0 Å². The van der Waals surface area contributed by atoms with Gasteiger partial charge in [-0.25, -0.2) is 4.57 Å². The minimum absolute atomic E-state index is 0.0252. The van der Waals surface area contributed by atoms with Crippen LogP contribution in [0.2, 0.25) is 0 Å². The van der Waals surface area contributed by atoms with Gasteiger partial charge in [-0.05, 0) is 12.8 Å². The highest BCUT2D eigenvalue weighted by molar-refractivity contribution is 7.47. The number of rotatable bonds is 40. The van der Waals surface area contributed by atoms with Gasteiger partial charge in [-0.2, -0.15) is 0 Å². The van der Waals surface area contributed by atoms with Crippen LogP contribution in [0.4, 0.5) is 0 Å². The molecular weight excluding hydrogens is 657 g/mol. The van der Waals surface area contributed by atoms with Crippen LogP contribution in [0.1, 0.15) is 200 Å². The molecule has 0 aliphatic heterocycles. The van der Waals surface area contributed by atoms with Gasteiger partial charge in [0.2, 0.25) is 0 Å². The maximum Gasteiger partial charge on any atom is 0.472 e. The van der Waals surface area contributed by atoms with Gasteiger partial charge in [0.05, 0.1) is 19.8 Å². The molecule has 0 saturated carbocycles. The number of hydrogen-bond donors (Lipinski definition) is 3. The minimum atomic E-state index is -4.60. The SMILES string of the molecule is CCCCCCCCCCCCCCCCCCC(=O)O[C@H](COCCCCCCCCCCCCCC)COP(=O)(O)OC[C@H](N)C(=O)O. The molecular formula is C39H78NO9P. The predicted molar refractivity (Wildman–Crippen MR) is 203 cm³/mol. The summed E-state index contributed by atoms with van der Waals surface area (Å²) in [6.45, 7) is 3.91. The summed E-state index contributed by atoms with van der Waals surface area (Å²) in [4.78, 5) is 33.4. The maximum atomic E-state index is 12.6. The molecule has 0 aliphatic carbocycles. The Hall–Kier alpha value is -1.03. The maximum absolute atomic E-state index is 12.6. The number of carboxylic acid groups (broad SMARTS) is 1. The largest absolute Gasteiger partial charge is 0.480 e. The Balaban J connectivity index is 4.21. The average Bonchev–Trinajstić information content (AvgIpc) is 3.09. The van der Waals surface area contributed by atoms with E-state index >= 15 is 0 Å². The summed E-state index contributed by atoms with van der Waals surface area (Å²) in [6.07, 6.45) is 34.3. The summed E-state index contributed by atoms with van der Waals surface area (Å²) in [5.74, 6) is -1.77. The van der Waals surface area contributed by atoms with E-state index < -0.39 is 45.1 Å². The number of esters is 1.